The highest BCUT2D eigenvalue weighted by atomic mass is 16.7. The van der Waals surface area contributed by atoms with Crippen molar-refractivity contribution in [2.45, 2.75) is 91.1 Å². The smallest absolute Gasteiger partial charge is 0.435 e. The van der Waals surface area contributed by atoms with Crippen molar-refractivity contribution in [3.8, 4) is 0 Å². The summed E-state index contributed by atoms with van der Waals surface area (Å²) >= 11 is 0. The highest BCUT2D eigenvalue weighted by Crippen LogP contribution is 2.38. The Morgan fingerprint density at radius 2 is 1.57 bits per heavy atom. The van der Waals surface area contributed by atoms with Crippen LogP contribution in [0.15, 0.2) is 0 Å². The third-order valence-corrected chi connectivity index (χ3v) is 5.54. The van der Waals surface area contributed by atoms with Crippen LogP contribution in [-0.4, -0.2) is 41.9 Å². The average Bonchev–Trinajstić information content (AvgIpc) is 2.54. The second-order valence-corrected chi connectivity index (χ2v) is 7.85. The molecule has 121 valence electrons. The molecule has 2 unspecified atom stereocenters. The van der Waals surface area contributed by atoms with Crippen LogP contribution < -0.4 is 0 Å². The van der Waals surface area contributed by atoms with Crippen molar-refractivity contribution < 1.29 is 19.1 Å². The van der Waals surface area contributed by atoms with Gasteiger partial charge in [0.05, 0.1) is 22.4 Å². The van der Waals surface area contributed by atoms with Crippen molar-refractivity contribution in [3.63, 3.8) is 0 Å². The molecular weight excluding hydrogens is 266 g/mol. The van der Waals surface area contributed by atoms with Crippen LogP contribution in [0.3, 0.4) is 0 Å². The van der Waals surface area contributed by atoms with E-state index in [2.05, 4.69) is 6.92 Å². The van der Waals surface area contributed by atoms with Gasteiger partial charge in [0.1, 0.15) is 0 Å². The van der Waals surface area contributed by atoms with Crippen LogP contribution in [0.5, 0.6) is 0 Å². The van der Waals surface area contributed by atoms with Crippen LogP contribution in [0.25, 0.3) is 0 Å². The quantitative estimate of drug-likeness (QED) is 0.766. The minimum atomic E-state index is -0.943. The zero-order valence-electron chi connectivity index (χ0n) is 15.1. The van der Waals surface area contributed by atoms with Crippen LogP contribution in [-0.2, 0) is 14.0 Å². The topological polar surface area (TPSA) is 47.9 Å². The highest BCUT2D eigenvalue weighted by molar-refractivity contribution is 7.03. The van der Waals surface area contributed by atoms with Gasteiger partial charge in [-0.25, -0.2) is 0 Å². The lowest BCUT2D eigenvalue weighted by molar-refractivity contribution is -0.134. The Hall–Kier alpha value is -0.0301. The Morgan fingerprint density at radius 3 is 1.95 bits per heavy atom. The van der Waals surface area contributed by atoms with Gasteiger partial charge in [-0.3, -0.25) is 0 Å². The summed E-state index contributed by atoms with van der Waals surface area (Å²) < 4.78 is 17.6. The maximum absolute atomic E-state index is 10.8. The van der Waals surface area contributed by atoms with E-state index < -0.39 is 18.2 Å². The van der Waals surface area contributed by atoms with Crippen LogP contribution in [0.1, 0.15) is 68.7 Å². The molecule has 0 spiro atoms. The minimum Gasteiger partial charge on any atom is -0.435 e. The van der Waals surface area contributed by atoms with Crippen LogP contribution in [0.2, 0.25) is 0 Å². The third-order valence-electron chi connectivity index (χ3n) is 5.54. The van der Waals surface area contributed by atoms with E-state index in [1.54, 1.807) is 7.37 Å². The molecule has 1 aliphatic heterocycles. The molecule has 1 aliphatic rings. The van der Waals surface area contributed by atoms with Crippen molar-refractivity contribution in [2.75, 3.05) is 0 Å². The fraction of sp³-hybridized carbons (Fsp3) is 1.00. The third kappa shape index (κ3) is 3.66. The normalized spacial score (nSPS) is 25.5. The van der Waals surface area contributed by atoms with Gasteiger partial charge < -0.3 is 19.1 Å². The van der Waals surface area contributed by atoms with Crippen LogP contribution >= 0.6 is 0 Å². The molecule has 1 radical (unpaired) electrons. The number of hydrogen-bond acceptors (Lipinski definition) is 4. The molecular formula is C15H31B2O4. The molecule has 0 bridgehead atoms. The largest absolute Gasteiger partial charge is 0.439 e. The second-order valence-electron chi connectivity index (χ2n) is 7.85. The molecule has 1 saturated heterocycles. The molecule has 4 nitrogen and oxygen atoms in total. The summed E-state index contributed by atoms with van der Waals surface area (Å²) in [7, 11) is 1.04. The first-order valence-electron chi connectivity index (χ1n) is 7.86. The molecule has 1 heterocycles. The predicted octanol–water partition coefficient (Wildman–Crippen LogP) is 2.79. The Bertz CT molecular complexity index is 351. The van der Waals surface area contributed by atoms with Gasteiger partial charge in [0.25, 0.3) is 0 Å². The van der Waals surface area contributed by atoms with Crippen LogP contribution in [0, 0.1) is 5.92 Å². The van der Waals surface area contributed by atoms with Gasteiger partial charge in [0.2, 0.25) is 0 Å². The minimum absolute atomic E-state index is 0.124. The van der Waals surface area contributed by atoms with Gasteiger partial charge in [0.15, 0.2) is 0 Å². The molecule has 0 aromatic carbocycles. The average molecular weight is 297 g/mol. The van der Waals surface area contributed by atoms with E-state index in [1.165, 1.54) is 0 Å². The monoisotopic (exact) mass is 297 g/mol. The Labute approximate surface area is 131 Å². The van der Waals surface area contributed by atoms with Crippen LogP contribution in [0.4, 0.5) is 0 Å². The molecule has 0 amide bonds. The summed E-state index contributed by atoms with van der Waals surface area (Å²) in [6.07, 6.45) is 0.885. The van der Waals surface area contributed by atoms with Crippen molar-refractivity contribution in [2.24, 2.45) is 5.92 Å². The summed E-state index contributed by atoms with van der Waals surface area (Å²) in [5, 5.41) is 10.8. The first kappa shape index (κ1) is 19.0. The van der Waals surface area contributed by atoms with E-state index in [4.69, 9.17) is 14.0 Å². The summed E-state index contributed by atoms with van der Waals surface area (Å²) in [6, 6.07) is 0. The van der Waals surface area contributed by atoms with Gasteiger partial charge in [-0.2, -0.15) is 0 Å². The first-order valence-corrected chi connectivity index (χ1v) is 7.86. The summed E-state index contributed by atoms with van der Waals surface area (Å²) in [6.45, 7) is 17.7. The lowest BCUT2D eigenvalue weighted by Crippen LogP contribution is -2.55. The van der Waals surface area contributed by atoms with Gasteiger partial charge in [-0.1, -0.05) is 20.3 Å². The Balaban J connectivity index is 2.67. The van der Waals surface area contributed by atoms with Gasteiger partial charge in [-0.05, 0) is 54.4 Å². The highest BCUT2D eigenvalue weighted by Gasteiger charge is 2.53. The fourth-order valence-electron chi connectivity index (χ4n) is 2.28. The van der Waals surface area contributed by atoms with E-state index in [1.807, 2.05) is 55.4 Å². The van der Waals surface area contributed by atoms with E-state index in [-0.39, 0.29) is 17.1 Å². The predicted molar refractivity (Wildman–Crippen MR) is 87.1 cm³/mol. The fourth-order valence-corrected chi connectivity index (χ4v) is 2.28. The SMILES string of the molecule is CCC(C)C(C)(O)C(C)(C)O[B]B1OC(C)(C)C(C)(C)O1. The van der Waals surface area contributed by atoms with Gasteiger partial charge in [0, 0.05) is 0 Å². The first-order chi connectivity index (χ1) is 9.27. The maximum Gasteiger partial charge on any atom is 0.439 e. The van der Waals surface area contributed by atoms with E-state index in [0.717, 1.165) is 6.42 Å². The van der Waals surface area contributed by atoms with Crippen molar-refractivity contribution in [1.82, 2.24) is 0 Å². The standard InChI is InChI=1S/C15H31B2O4/c1-10-11(2)15(9,18)14(7,8)19-16-17-20-12(3,4)13(5,6)21-17/h11,18H,10H2,1-9H3. The van der Waals surface area contributed by atoms with Gasteiger partial charge >= 0.3 is 14.4 Å². The molecule has 6 heteroatoms. The summed E-state index contributed by atoms with van der Waals surface area (Å²) in [5.41, 5.74) is -2.45. The Morgan fingerprint density at radius 1 is 1.14 bits per heavy atom. The lowest BCUT2D eigenvalue weighted by Gasteiger charge is -2.44. The zero-order chi connectivity index (χ0) is 16.7. The van der Waals surface area contributed by atoms with Crippen molar-refractivity contribution >= 4 is 14.4 Å². The molecule has 2 atom stereocenters. The number of hydrogen-bond donors (Lipinski definition) is 1. The molecule has 0 saturated carbocycles. The summed E-state index contributed by atoms with van der Waals surface area (Å²) in [5.74, 6) is 0.124. The molecule has 0 aliphatic carbocycles. The second kappa shape index (κ2) is 5.88. The molecule has 1 N–H and O–H groups in total. The maximum atomic E-state index is 10.8. The number of rotatable bonds is 6. The van der Waals surface area contributed by atoms with Crippen molar-refractivity contribution in [1.29, 1.82) is 0 Å². The lowest BCUT2D eigenvalue weighted by atomic mass is 9.55. The van der Waals surface area contributed by atoms with E-state index in [0.29, 0.717) is 0 Å². The van der Waals surface area contributed by atoms with Crippen molar-refractivity contribution in [3.05, 3.63) is 0 Å². The summed E-state index contributed by atoms with van der Waals surface area (Å²) in [4.78, 5) is 0. The molecule has 1 rings (SSSR count). The van der Waals surface area contributed by atoms with E-state index >= 15 is 0 Å². The van der Waals surface area contributed by atoms with E-state index in [9.17, 15) is 5.11 Å². The Kier molecular flexibility index (Phi) is 5.32. The molecule has 0 aromatic heterocycles. The zero-order valence-corrected chi connectivity index (χ0v) is 15.1. The number of aliphatic hydroxyl groups is 1. The molecule has 1 fully saturated rings. The molecule has 21 heavy (non-hydrogen) atoms. The molecule has 0 aromatic rings. The van der Waals surface area contributed by atoms with Gasteiger partial charge in [-0.15, -0.1) is 0 Å².